The van der Waals surface area contributed by atoms with Gasteiger partial charge in [0.2, 0.25) is 0 Å². The Hall–Kier alpha value is -2.88. The molecule has 1 saturated carbocycles. The van der Waals surface area contributed by atoms with Gasteiger partial charge in [-0.25, -0.2) is 4.98 Å². The quantitative estimate of drug-likeness (QED) is 0.543. The number of aromatic nitrogens is 4. The Morgan fingerprint density at radius 2 is 1.93 bits per heavy atom. The van der Waals surface area contributed by atoms with E-state index in [0.717, 1.165) is 19.3 Å². The lowest BCUT2D eigenvalue weighted by Gasteiger charge is -2.28. The van der Waals surface area contributed by atoms with Crippen LogP contribution in [-0.4, -0.2) is 42.5 Å². The number of hydrogen-bond acceptors (Lipinski definition) is 6. The van der Waals surface area contributed by atoms with Crippen LogP contribution in [0.2, 0.25) is 0 Å². The lowest BCUT2D eigenvalue weighted by molar-refractivity contribution is -0.137. The Labute approximate surface area is 157 Å². The van der Waals surface area contributed by atoms with Crippen LogP contribution in [-0.2, 0) is 6.18 Å². The largest absolute Gasteiger partial charge is 0.506 e. The maximum atomic E-state index is 12.8. The van der Waals surface area contributed by atoms with Gasteiger partial charge in [0.1, 0.15) is 17.1 Å². The lowest BCUT2D eigenvalue weighted by Crippen LogP contribution is -2.36. The molecule has 7 nitrogen and oxygen atoms in total. The summed E-state index contributed by atoms with van der Waals surface area (Å²) in [5.41, 5.74) is -0.396. The molecule has 148 valence electrons. The molecule has 3 aromatic rings. The van der Waals surface area contributed by atoms with Gasteiger partial charge in [0.25, 0.3) is 0 Å². The molecular weight excluding hydrogens is 375 g/mol. The van der Waals surface area contributed by atoms with Gasteiger partial charge in [0, 0.05) is 17.8 Å². The van der Waals surface area contributed by atoms with Crippen LogP contribution in [0.25, 0.3) is 22.3 Å². The normalized spacial score (nSPS) is 20.4. The number of aliphatic hydroxyl groups is 1. The van der Waals surface area contributed by atoms with E-state index in [4.69, 9.17) is 0 Å². The van der Waals surface area contributed by atoms with Crippen LogP contribution >= 0.6 is 0 Å². The number of nitrogens with one attached hydrogen (secondary N) is 2. The van der Waals surface area contributed by atoms with Crippen molar-refractivity contribution in [1.29, 1.82) is 0 Å². The average molecular weight is 393 g/mol. The highest BCUT2D eigenvalue weighted by atomic mass is 19.4. The number of aromatic amines is 1. The molecule has 0 unspecified atom stereocenters. The molecule has 4 N–H and O–H groups in total. The number of halogens is 3. The number of fused-ring (bicyclic) bond motifs is 1. The monoisotopic (exact) mass is 393 g/mol. The number of alkyl halides is 3. The first-order valence-corrected chi connectivity index (χ1v) is 8.89. The Bertz CT molecular complexity index is 1000. The van der Waals surface area contributed by atoms with Crippen molar-refractivity contribution < 1.29 is 23.4 Å². The van der Waals surface area contributed by atoms with Gasteiger partial charge in [-0.2, -0.15) is 13.2 Å². The molecule has 0 saturated heterocycles. The number of pyridine rings is 1. The van der Waals surface area contributed by atoms with Crippen LogP contribution in [0.15, 0.2) is 24.5 Å². The van der Waals surface area contributed by atoms with Crippen LogP contribution in [0.1, 0.15) is 31.2 Å². The molecule has 0 bridgehead atoms. The van der Waals surface area contributed by atoms with E-state index in [1.54, 1.807) is 12.3 Å². The van der Waals surface area contributed by atoms with Gasteiger partial charge in [0.15, 0.2) is 5.82 Å². The second-order valence-corrected chi connectivity index (χ2v) is 6.86. The zero-order chi connectivity index (χ0) is 19.9. The molecule has 1 aliphatic rings. The first-order chi connectivity index (χ1) is 13.3. The summed E-state index contributed by atoms with van der Waals surface area (Å²) in [6.45, 7) is 0. The first-order valence-electron chi connectivity index (χ1n) is 8.89. The summed E-state index contributed by atoms with van der Waals surface area (Å²) < 4.78 is 38.4. The van der Waals surface area contributed by atoms with Crippen LogP contribution in [0.3, 0.4) is 0 Å². The fourth-order valence-electron chi connectivity index (χ4n) is 3.49. The van der Waals surface area contributed by atoms with Gasteiger partial charge in [-0.15, -0.1) is 10.2 Å². The van der Waals surface area contributed by atoms with Crippen LogP contribution in [0, 0.1) is 0 Å². The molecule has 1 aliphatic carbocycles. The van der Waals surface area contributed by atoms with Crippen LogP contribution in [0.5, 0.6) is 5.75 Å². The van der Waals surface area contributed by atoms with E-state index in [9.17, 15) is 23.4 Å². The van der Waals surface area contributed by atoms with E-state index >= 15 is 0 Å². The van der Waals surface area contributed by atoms with Crippen LogP contribution in [0.4, 0.5) is 19.0 Å². The number of aromatic hydroxyl groups is 1. The molecule has 0 radical (unpaired) electrons. The SMILES string of the molecule is Oc1cc(C(F)(F)F)cnc1-c1nnc(N[C@@H]2CCCC[C@H]2O)c2[nH]ccc12. The zero-order valence-corrected chi connectivity index (χ0v) is 14.7. The van der Waals surface area contributed by atoms with Gasteiger partial charge in [-0.3, -0.25) is 0 Å². The van der Waals surface area contributed by atoms with E-state index in [2.05, 4.69) is 25.5 Å². The third-order valence-electron chi connectivity index (χ3n) is 4.96. The summed E-state index contributed by atoms with van der Waals surface area (Å²) in [5.74, 6) is -0.198. The summed E-state index contributed by atoms with van der Waals surface area (Å²) in [5, 5.41) is 32.2. The molecule has 3 aromatic heterocycles. The third kappa shape index (κ3) is 3.35. The van der Waals surface area contributed by atoms with Crippen molar-refractivity contribution >= 4 is 16.7 Å². The van der Waals surface area contributed by atoms with Gasteiger partial charge < -0.3 is 20.5 Å². The van der Waals surface area contributed by atoms with Crippen molar-refractivity contribution in [2.24, 2.45) is 0 Å². The van der Waals surface area contributed by atoms with Crippen molar-refractivity contribution in [3.63, 3.8) is 0 Å². The number of aliphatic hydroxyl groups excluding tert-OH is 1. The highest BCUT2D eigenvalue weighted by molar-refractivity contribution is 5.98. The van der Waals surface area contributed by atoms with Gasteiger partial charge >= 0.3 is 6.18 Å². The maximum absolute atomic E-state index is 12.8. The van der Waals surface area contributed by atoms with E-state index in [-0.39, 0.29) is 17.4 Å². The molecular formula is C18H18F3N5O2. The van der Waals surface area contributed by atoms with E-state index in [1.165, 1.54) is 0 Å². The molecule has 10 heteroatoms. The van der Waals surface area contributed by atoms with Crippen molar-refractivity contribution in [1.82, 2.24) is 20.2 Å². The third-order valence-corrected chi connectivity index (χ3v) is 4.96. The number of anilines is 1. The van der Waals surface area contributed by atoms with Gasteiger partial charge in [-0.1, -0.05) is 12.8 Å². The minimum atomic E-state index is -4.60. The molecule has 0 amide bonds. The number of nitrogens with zero attached hydrogens (tertiary/aromatic N) is 3. The molecule has 0 spiro atoms. The Kier molecular flexibility index (Phi) is 4.58. The predicted molar refractivity (Wildman–Crippen MR) is 95.7 cm³/mol. The highest BCUT2D eigenvalue weighted by Crippen LogP contribution is 2.37. The van der Waals surface area contributed by atoms with Gasteiger partial charge in [-0.05, 0) is 25.0 Å². The standard InChI is InChI=1S/C18H18F3N5O2/c19-18(20,21)9-7-13(28)16(23-8-9)14-10-5-6-22-15(10)17(26-25-14)24-11-3-1-2-4-12(11)27/h5-8,11-12,22,27-28H,1-4H2,(H,24,26)/t11-,12-/m1/s1. The molecule has 2 atom stereocenters. The second kappa shape index (κ2) is 6.93. The average Bonchev–Trinajstić information content (AvgIpc) is 3.13. The summed E-state index contributed by atoms with van der Waals surface area (Å²) >= 11 is 0. The predicted octanol–water partition coefficient (Wildman–Crippen LogP) is 3.46. The smallest absolute Gasteiger partial charge is 0.418 e. The van der Waals surface area contributed by atoms with Gasteiger partial charge in [0.05, 0.1) is 23.2 Å². The van der Waals surface area contributed by atoms with E-state index < -0.39 is 23.6 Å². The Balaban J connectivity index is 1.71. The van der Waals surface area contributed by atoms with Crippen molar-refractivity contribution in [2.75, 3.05) is 5.32 Å². The molecule has 3 heterocycles. The molecule has 4 rings (SSSR count). The van der Waals surface area contributed by atoms with Crippen molar-refractivity contribution in [2.45, 2.75) is 44.0 Å². The second-order valence-electron chi connectivity index (χ2n) is 6.86. The zero-order valence-electron chi connectivity index (χ0n) is 14.7. The lowest BCUT2D eigenvalue weighted by atomic mass is 9.92. The number of rotatable bonds is 3. The fourth-order valence-corrected chi connectivity index (χ4v) is 3.49. The summed E-state index contributed by atoms with van der Waals surface area (Å²) in [7, 11) is 0. The first kappa shape index (κ1) is 18.5. The minimum absolute atomic E-state index is 0.0886. The molecule has 0 aromatic carbocycles. The van der Waals surface area contributed by atoms with Crippen molar-refractivity contribution in [3.05, 3.63) is 30.1 Å². The number of H-pyrrole nitrogens is 1. The van der Waals surface area contributed by atoms with Crippen LogP contribution < -0.4 is 5.32 Å². The van der Waals surface area contributed by atoms with Crippen molar-refractivity contribution in [3.8, 4) is 17.1 Å². The summed E-state index contributed by atoms with van der Waals surface area (Å²) in [6.07, 6.45) is 0.682. The molecule has 0 aliphatic heterocycles. The molecule has 28 heavy (non-hydrogen) atoms. The minimum Gasteiger partial charge on any atom is -0.506 e. The number of hydrogen-bond donors (Lipinski definition) is 4. The molecule has 1 fully saturated rings. The van der Waals surface area contributed by atoms with E-state index in [0.29, 0.717) is 35.4 Å². The maximum Gasteiger partial charge on any atom is 0.418 e. The fraction of sp³-hybridized carbons (Fsp3) is 0.389. The Morgan fingerprint density at radius 3 is 2.64 bits per heavy atom. The summed E-state index contributed by atoms with van der Waals surface area (Å²) in [6, 6.07) is 2.14. The topological polar surface area (TPSA) is 107 Å². The highest BCUT2D eigenvalue weighted by Gasteiger charge is 2.32. The Morgan fingerprint density at radius 1 is 1.14 bits per heavy atom. The summed E-state index contributed by atoms with van der Waals surface area (Å²) in [4.78, 5) is 6.78. The van der Waals surface area contributed by atoms with E-state index in [1.807, 2.05) is 0 Å².